The lowest BCUT2D eigenvalue weighted by molar-refractivity contribution is 0.568. The maximum atomic E-state index is 2.33. The third-order valence-corrected chi connectivity index (χ3v) is 2.59. The Morgan fingerprint density at radius 3 is 1.33 bits per heavy atom. The fourth-order valence-electron chi connectivity index (χ4n) is 1.45. The van der Waals surface area contributed by atoms with Crippen LogP contribution < -0.4 is 0 Å². The molecule has 0 atom stereocenters. The maximum absolute atomic E-state index is 2.33. The van der Waals surface area contributed by atoms with E-state index in [1.54, 1.807) is 0 Å². The largest absolute Gasteiger partial charge is 0.187 e. The van der Waals surface area contributed by atoms with Gasteiger partial charge in [-0.2, -0.15) is 0 Å². The standard InChI is InChI=1S/C14H22.Al.3H/c1-13(2,3)11-8-7-9-12(10-11)14(4,5)6;;;;/h7-10H,1-6H3;;;;. The van der Waals surface area contributed by atoms with Gasteiger partial charge in [0.1, 0.15) is 0 Å². The van der Waals surface area contributed by atoms with Crippen LogP contribution >= 0.6 is 0 Å². The minimum absolute atomic E-state index is 0. The number of rotatable bonds is 0. The highest BCUT2D eigenvalue weighted by Gasteiger charge is 2.18. The molecule has 0 fully saturated rings. The second kappa shape index (κ2) is 4.73. The highest BCUT2D eigenvalue weighted by atomic mass is 27.0. The highest BCUT2D eigenvalue weighted by molar-refractivity contribution is 5.75. The van der Waals surface area contributed by atoms with Crippen LogP contribution in [-0.2, 0) is 10.8 Å². The third-order valence-electron chi connectivity index (χ3n) is 2.59. The summed E-state index contributed by atoms with van der Waals surface area (Å²) >= 11 is 0. The quantitative estimate of drug-likeness (QED) is 0.589. The molecule has 0 aromatic heterocycles. The fraction of sp³-hybridized carbons (Fsp3) is 0.571. The van der Waals surface area contributed by atoms with Crippen LogP contribution in [-0.4, -0.2) is 17.4 Å². The number of hydrogen-bond acceptors (Lipinski definition) is 0. The van der Waals surface area contributed by atoms with Gasteiger partial charge in [-0.25, -0.2) is 0 Å². The number of benzene rings is 1. The Balaban J connectivity index is 0.00000196. The van der Waals surface area contributed by atoms with Crippen LogP contribution in [0.15, 0.2) is 24.3 Å². The van der Waals surface area contributed by atoms with Crippen molar-refractivity contribution >= 4 is 17.4 Å². The van der Waals surface area contributed by atoms with Crippen LogP contribution in [0.4, 0.5) is 0 Å². The van der Waals surface area contributed by atoms with Crippen LogP contribution in [0.3, 0.4) is 0 Å². The van der Waals surface area contributed by atoms with Gasteiger partial charge < -0.3 is 0 Å². The average molecular weight is 220 g/mol. The van der Waals surface area contributed by atoms with Crippen molar-refractivity contribution in [3.8, 4) is 0 Å². The molecule has 0 unspecified atom stereocenters. The summed E-state index contributed by atoms with van der Waals surface area (Å²) < 4.78 is 0. The molecule has 1 heteroatoms. The van der Waals surface area contributed by atoms with Crippen molar-refractivity contribution in [3.05, 3.63) is 35.4 Å². The predicted molar refractivity (Wildman–Crippen MR) is 73.8 cm³/mol. The Hall–Kier alpha value is -0.248. The molecule has 84 valence electrons. The van der Waals surface area contributed by atoms with Crippen molar-refractivity contribution < 1.29 is 0 Å². The van der Waals surface area contributed by atoms with Gasteiger partial charge in [0.05, 0.1) is 0 Å². The van der Waals surface area contributed by atoms with E-state index in [1.165, 1.54) is 11.1 Å². The first-order valence-corrected chi connectivity index (χ1v) is 5.32. The summed E-state index contributed by atoms with van der Waals surface area (Å²) in [7, 11) is 0. The Morgan fingerprint density at radius 1 is 0.733 bits per heavy atom. The van der Waals surface area contributed by atoms with E-state index in [4.69, 9.17) is 0 Å². The van der Waals surface area contributed by atoms with Gasteiger partial charge in [0, 0.05) is 0 Å². The van der Waals surface area contributed by atoms with Crippen molar-refractivity contribution in [1.82, 2.24) is 0 Å². The molecule has 0 N–H and O–H groups in total. The van der Waals surface area contributed by atoms with Gasteiger partial charge in [-0.15, -0.1) is 0 Å². The predicted octanol–water partition coefficient (Wildman–Crippen LogP) is 3.10. The summed E-state index contributed by atoms with van der Waals surface area (Å²) in [4.78, 5) is 0. The molecule has 1 rings (SSSR count). The van der Waals surface area contributed by atoms with Crippen molar-refractivity contribution in [2.24, 2.45) is 0 Å². The SMILES string of the molecule is CC(C)(C)c1cccc(C(C)(C)C)c1.[AlH3]. The minimum atomic E-state index is 0. The molecule has 0 aliphatic carbocycles. The van der Waals surface area contributed by atoms with Gasteiger partial charge in [0.2, 0.25) is 0 Å². The van der Waals surface area contributed by atoms with E-state index in [0.29, 0.717) is 0 Å². The molecule has 1 aromatic rings. The summed E-state index contributed by atoms with van der Waals surface area (Å²) in [6.07, 6.45) is 0. The van der Waals surface area contributed by atoms with Gasteiger partial charge in [0.25, 0.3) is 0 Å². The molecular formula is C14H25Al. The zero-order chi connectivity index (χ0) is 11.0. The molecular weight excluding hydrogens is 195 g/mol. The number of hydrogen-bond donors (Lipinski definition) is 0. The molecule has 0 nitrogen and oxygen atoms in total. The summed E-state index contributed by atoms with van der Waals surface area (Å²) in [5.41, 5.74) is 3.34. The first-order chi connectivity index (χ1) is 6.21. The Morgan fingerprint density at radius 2 is 1.07 bits per heavy atom. The van der Waals surface area contributed by atoms with Crippen molar-refractivity contribution in [2.45, 2.75) is 52.4 Å². The van der Waals surface area contributed by atoms with E-state index in [2.05, 4.69) is 65.8 Å². The molecule has 0 saturated heterocycles. The van der Waals surface area contributed by atoms with Crippen LogP contribution in [0.1, 0.15) is 52.7 Å². The fourth-order valence-corrected chi connectivity index (χ4v) is 1.45. The first-order valence-electron chi connectivity index (χ1n) is 5.32. The molecule has 0 aliphatic rings. The zero-order valence-corrected chi connectivity index (χ0v) is 10.3. The first kappa shape index (κ1) is 14.8. The molecule has 0 spiro atoms. The summed E-state index contributed by atoms with van der Waals surface area (Å²) in [5, 5.41) is 0. The molecule has 0 bridgehead atoms. The molecule has 0 saturated carbocycles. The topological polar surface area (TPSA) is 0 Å². The molecule has 0 radical (unpaired) electrons. The molecule has 15 heavy (non-hydrogen) atoms. The smallest absolute Gasteiger partial charge is 0.0617 e. The van der Waals surface area contributed by atoms with Gasteiger partial charge in [0.15, 0.2) is 17.4 Å². The molecule has 1 aromatic carbocycles. The lowest BCUT2D eigenvalue weighted by atomic mass is 9.81. The summed E-state index contributed by atoms with van der Waals surface area (Å²) in [6.45, 7) is 13.6. The van der Waals surface area contributed by atoms with Crippen LogP contribution in [0, 0.1) is 0 Å². The molecule has 0 heterocycles. The highest BCUT2D eigenvalue weighted by Crippen LogP contribution is 2.28. The van der Waals surface area contributed by atoms with Crippen molar-refractivity contribution in [1.29, 1.82) is 0 Å². The van der Waals surface area contributed by atoms with E-state index in [9.17, 15) is 0 Å². The van der Waals surface area contributed by atoms with Crippen LogP contribution in [0.25, 0.3) is 0 Å². The van der Waals surface area contributed by atoms with Crippen molar-refractivity contribution in [3.63, 3.8) is 0 Å². The van der Waals surface area contributed by atoms with Gasteiger partial charge >= 0.3 is 0 Å². The maximum Gasteiger partial charge on any atom is 0.187 e. The summed E-state index contributed by atoms with van der Waals surface area (Å²) in [6, 6.07) is 8.94. The second-order valence-corrected chi connectivity index (χ2v) is 6.08. The van der Waals surface area contributed by atoms with Gasteiger partial charge in [-0.05, 0) is 22.0 Å². The monoisotopic (exact) mass is 220 g/mol. The normalized spacial score (nSPS) is 12.1. The Kier molecular flexibility index (Phi) is 4.65. The van der Waals surface area contributed by atoms with E-state index >= 15 is 0 Å². The average Bonchev–Trinajstić information content (AvgIpc) is 2.01. The zero-order valence-electron chi connectivity index (χ0n) is 10.3. The van der Waals surface area contributed by atoms with Crippen LogP contribution in [0.2, 0.25) is 0 Å². The molecule has 0 amide bonds. The molecule has 0 aliphatic heterocycles. The third kappa shape index (κ3) is 4.01. The van der Waals surface area contributed by atoms with E-state index in [0.717, 1.165) is 0 Å². The van der Waals surface area contributed by atoms with E-state index < -0.39 is 0 Å². The minimum Gasteiger partial charge on any atom is -0.0617 e. The lowest BCUT2D eigenvalue weighted by Crippen LogP contribution is -2.15. The second-order valence-electron chi connectivity index (χ2n) is 6.08. The van der Waals surface area contributed by atoms with E-state index in [1.807, 2.05) is 0 Å². The van der Waals surface area contributed by atoms with Gasteiger partial charge in [-0.3, -0.25) is 0 Å². The Bertz CT molecular complexity index is 284. The van der Waals surface area contributed by atoms with Crippen molar-refractivity contribution in [2.75, 3.05) is 0 Å². The van der Waals surface area contributed by atoms with Crippen LogP contribution in [0.5, 0.6) is 0 Å². The Labute approximate surface area is 105 Å². The summed E-state index contributed by atoms with van der Waals surface area (Å²) in [5.74, 6) is 0. The van der Waals surface area contributed by atoms with E-state index in [-0.39, 0.29) is 28.2 Å². The van der Waals surface area contributed by atoms with Gasteiger partial charge in [-0.1, -0.05) is 65.8 Å². The lowest BCUT2D eigenvalue weighted by Gasteiger charge is -2.24.